The van der Waals surface area contributed by atoms with Crippen LogP contribution < -0.4 is 5.73 Å². The van der Waals surface area contributed by atoms with Crippen molar-refractivity contribution in [2.45, 2.75) is 55.1 Å². The molecule has 6 nitrogen and oxygen atoms in total. The molecule has 2 aromatic heterocycles. The molecule has 10 heteroatoms. The van der Waals surface area contributed by atoms with E-state index in [1.54, 1.807) is 0 Å². The summed E-state index contributed by atoms with van der Waals surface area (Å²) in [7, 11) is 0. The van der Waals surface area contributed by atoms with Crippen molar-refractivity contribution in [1.82, 2.24) is 19.7 Å². The van der Waals surface area contributed by atoms with Crippen molar-refractivity contribution in [3.05, 3.63) is 24.0 Å². The summed E-state index contributed by atoms with van der Waals surface area (Å²) >= 11 is -0.236. The molecule has 4 atom stereocenters. The second kappa shape index (κ2) is 8.22. The normalized spacial score (nSPS) is 28.3. The van der Waals surface area contributed by atoms with Gasteiger partial charge in [0.15, 0.2) is 0 Å². The molecule has 2 unspecified atom stereocenters. The molecule has 2 aromatic rings. The number of fused-ring (bicyclic) bond motifs is 1. The Morgan fingerprint density at radius 2 is 1.84 bits per heavy atom. The molecule has 0 aromatic carbocycles. The number of alkyl halides is 3. The van der Waals surface area contributed by atoms with Crippen LogP contribution in [0.2, 0.25) is 0 Å². The third-order valence-electron chi connectivity index (χ3n) is 6.98. The first kappa shape index (κ1) is 22.0. The Balaban J connectivity index is 1.36. The molecule has 0 bridgehead atoms. The van der Waals surface area contributed by atoms with Gasteiger partial charge in [-0.3, -0.25) is 9.58 Å². The van der Waals surface area contributed by atoms with Crippen LogP contribution in [0.25, 0.3) is 11.3 Å². The molecule has 3 heterocycles. The van der Waals surface area contributed by atoms with Crippen LogP contribution in [0.3, 0.4) is 0 Å². The highest BCUT2D eigenvalue weighted by molar-refractivity contribution is 8.00. The fourth-order valence-corrected chi connectivity index (χ4v) is 6.10. The van der Waals surface area contributed by atoms with E-state index >= 15 is 0 Å². The van der Waals surface area contributed by atoms with Crippen molar-refractivity contribution in [2.75, 3.05) is 32.0 Å². The first-order valence-corrected chi connectivity index (χ1v) is 12.0. The Hall–Kier alpha value is -1.78. The molecule has 2 N–H and O–H groups in total. The van der Waals surface area contributed by atoms with Crippen molar-refractivity contribution in [3.8, 4) is 11.3 Å². The number of hydrogen-bond acceptors (Lipinski definition) is 6. The number of hydrogen-bond donors (Lipinski definition) is 1. The van der Waals surface area contributed by atoms with Crippen LogP contribution in [-0.4, -0.2) is 57.5 Å². The molecule has 0 spiro atoms. The summed E-state index contributed by atoms with van der Waals surface area (Å²) in [5, 5.41) is 4.76. The quantitative estimate of drug-likeness (QED) is 0.651. The third-order valence-corrected chi connectivity index (χ3v) is 7.76. The summed E-state index contributed by atoms with van der Waals surface area (Å²) in [5.74, 6) is 1.67. The van der Waals surface area contributed by atoms with Gasteiger partial charge in [0.2, 0.25) is 0 Å². The largest absolute Gasteiger partial charge is 0.446 e. The summed E-state index contributed by atoms with van der Waals surface area (Å²) in [6, 6.07) is 4.30. The summed E-state index contributed by atoms with van der Waals surface area (Å²) in [5.41, 5.74) is 3.66. The van der Waals surface area contributed by atoms with E-state index in [-0.39, 0.29) is 28.5 Å². The molecular formula is C22H28F3N5OS. The fourth-order valence-electron chi connectivity index (χ4n) is 5.51. The van der Waals surface area contributed by atoms with E-state index in [1.165, 1.54) is 30.8 Å². The summed E-state index contributed by atoms with van der Waals surface area (Å²) in [4.78, 5) is 6.47. The summed E-state index contributed by atoms with van der Waals surface area (Å²) in [6.45, 7) is 7.85. The number of morpholine rings is 1. The maximum absolute atomic E-state index is 12.9. The van der Waals surface area contributed by atoms with E-state index in [2.05, 4.69) is 23.7 Å². The van der Waals surface area contributed by atoms with Crippen molar-refractivity contribution in [1.29, 1.82) is 0 Å². The van der Waals surface area contributed by atoms with Gasteiger partial charge in [0, 0.05) is 48.5 Å². The van der Waals surface area contributed by atoms with Gasteiger partial charge in [-0.2, -0.15) is 18.3 Å². The average Bonchev–Trinajstić information content (AvgIpc) is 3.09. The van der Waals surface area contributed by atoms with Gasteiger partial charge in [-0.15, -0.1) is 0 Å². The molecule has 1 saturated heterocycles. The maximum atomic E-state index is 12.9. The Kier molecular flexibility index (Phi) is 5.66. The number of nitrogen functional groups attached to an aromatic ring is 1. The lowest BCUT2D eigenvalue weighted by Gasteiger charge is -2.33. The van der Waals surface area contributed by atoms with Gasteiger partial charge in [0.05, 0.1) is 23.8 Å². The molecule has 2 saturated carbocycles. The lowest BCUT2D eigenvalue weighted by atomic mass is 10.0. The lowest BCUT2D eigenvalue weighted by Crippen LogP contribution is -2.43. The van der Waals surface area contributed by atoms with E-state index in [0.717, 1.165) is 26.3 Å². The smallest absolute Gasteiger partial charge is 0.383 e. The number of aromatic nitrogens is 3. The van der Waals surface area contributed by atoms with Crippen molar-refractivity contribution >= 4 is 17.6 Å². The Morgan fingerprint density at radius 1 is 1.16 bits per heavy atom. The number of nitrogens with two attached hydrogens (primary N) is 1. The van der Waals surface area contributed by atoms with Gasteiger partial charge in [-0.25, -0.2) is 4.98 Å². The SMILES string of the molecule is CC(C)n1nc(-c2cnc(N)c(SC(F)(F)F)c2)cc1C1[C@H]2CC(N3CCOCC3)C[C@@H]12. The molecule has 32 heavy (non-hydrogen) atoms. The molecule has 3 fully saturated rings. The van der Waals surface area contributed by atoms with E-state index in [0.29, 0.717) is 35.1 Å². The molecule has 3 aliphatic rings. The number of pyridine rings is 1. The highest BCUT2D eigenvalue weighted by atomic mass is 32.2. The predicted molar refractivity (Wildman–Crippen MR) is 117 cm³/mol. The van der Waals surface area contributed by atoms with Crippen LogP contribution in [0.15, 0.2) is 23.2 Å². The number of halogens is 3. The van der Waals surface area contributed by atoms with E-state index in [9.17, 15) is 13.2 Å². The first-order valence-electron chi connectivity index (χ1n) is 11.1. The van der Waals surface area contributed by atoms with E-state index in [1.807, 2.05) is 10.7 Å². The zero-order valence-corrected chi connectivity index (χ0v) is 19.0. The minimum Gasteiger partial charge on any atom is -0.383 e. The first-order chi connectivity index (χ1) is 15.2. The van der Waals surface area contributed by atoms with Crippen molar-refractivity contribution in [2.24, 2.45) is 11.8 Å². The molecule has 0 amide bonds. The van der Waals surface area contributed by atoms with Crippen LogP contribution in [0.1, 0.15) is 44.3 Å². The minimum absolute atomic E-state index is 0.0905. The van der Waals surface area contributed by atoms with Gasteiger partial charge >= 0.3 is 5.51 Å². The Labute approximate surface area is 189 Å². The standard InChI is InChI=1S/C22H28F3N5OS/c1-12(2)30-18(20-15-8-14(9-16(15)20)29-3-5-31-6-4-29)10-17(28-30)13-7-19(21(26)27-11-13)32-22(23,24)25/h7,10-12,14-16,20H,3-6,8-9H2,1-2H3,(H2,26,27)/t14?,15-,16+,20?. The monoisotopic (exact) mass is 467 g/mol. The minimum atomic E-state index is -4.42. The summed E-state index contributed by atoms with van der Waals surface area (Å²) in [6.07, 6.45) is 3.90. The van der Waals surface area contributed by atoms with Gasteiger partial charge < -0.3 is 10.5 Å². The van der Waals surface area contributed by atoms with E-state index < -0.39 is 5.51 Å². The Morgan fingerprint density at radius 3 is 2.47 bits per heavy atom. The fraction of sp³-hybridized carbons (Fsp3) is 0.636. The molecule has 2 aliphatic carbocycles. The molecule has 0 radical (unpaired) electrons. The third kappa shape index (κ3) is 4.24. The Bertz CT molecular complexity index is 976. The van der Waals surface area contributed by atoms with Crippen LogP contribution in [0.4, 0.5) is 19.0 Å². The topological polar surface area (TPSA) is 69.2 Å². The number of nitrogens with zero attached hydrogens (tertiary/aromatic N) is 4. The molecule has 5 rings (SSSR count). The number of rotatable bonds is 5. The number of ether oxygens (including phenoxy) is 1. The highest BCUT2D eigenvalue weighted by Crippen LogP contribution is 2.64. The number of anilines is 1. The average molecular weight is 468 g/mol. The van der Waals surface area contributed by atoms with Crippen LogP contribution >= 0.6 is 11.8 Å². The zero-order chi connectivity index (χ0) is 22.6. The highest BCUT2D eigenvalue weighted by Gasteiger charge is 2.58. The molecule has 1 aliphatic heterocycles. The van der Waals surface area contributed by atoms with Gasteiger partial charge in [0.1, 0.15) is 5.82 Å². The molecule has 174 valence electrons. The zero-order valence-electron chi connectivity index (χ0n) is 18.2. The van der Waals surface area contributed by atoms with Crippen LogP contribution in [0, 0.1) is 11.8 Å². The van der Waals surface area contributed by atoms with Gasteiger partial charge in [-0.05, 0) is 62.4 Å². The van der Waals surface area contributed by atoms with Crippen molar-refractivity contribution in [3.63, 3.8) is 0 Å². The maximum Gasteiger partial charge on any atom is 0.446 e. The molecular weight excluding hydrogens is 439 g/mol. The van der Waals surface area contributed by atoms with Crippen LogP contribution in [-0.2, 0) is 4.74 Å². The van der Waals surface area contributed by atoms with Gasteiger partial charge in [-0.1, -0.05) is 0 Å². The second-order valence-electron chi connectivity index (χ2n) is 9.27. The lowest BCUT2D eigenvalue weighted by molar-refractivity contribution is -0.0328. The van der Waals surface area contributed by atoms with Gasteiger partial charge in [0.25, 0.3) is 0 Å². The summed E-state index contributed by atoms with van der Waals surface area (Å²) < 4.78 is 46.2. The predicted octanol–water partition coefficient (Wildman–Crippen LogP) is 4.54. The van der Waals surface area contributed by atoms with Crippen molar-refractivity contribution < 1.29 is 17.9 Å². The van der Waals surface area contributed by atoms with Crippen LogP contribution in [0.5, 0.6) is 0 Å². The van der Waals surface area contributed by atoms with E-state index in [4.69, 9.17) is 15.6 Å². The number of thioether (sulfide) groups is 1. The second-order valence-corrected chi connectivity index (χ2v) is 10.4.